The third-order valence-corrected chi connectivity index (χ3v) is 9.32. The Morgan fingerprint density at radius 2 is 1.71 bits per heavy atom. The molecule has 172 valence electrons. The molecule has 3 fully saturated rings. The Kier molecular flexibility index (Phi) is 6.57. The zero-order chi connectivity index (χ0) is 22.2. The van der Waals surface area contributed by atoms with Crippen LogP contribution < -0.4 is 15.6 Å². The van der Waals surface area contributed by atoms with Crippen molar-refractivity contribution in [3.63, 3.8) is 0 Å². The molecule has 2 N–H and O–H groups in total. The molecule has 0 saturated carbocycles. The lowest BCUT2D eigenvalue weighted by Crippen LogP contribution is -2.49. The fraction of sp³-hybridized carbons (Fsp3) is 0.682. The fourth-order valence-corrected chi connectivity index (χ4v) is 6.96. The van der Waals surface area contributed by atoms with Gasteiger partial charge < -0.3 is 10.2 Å². The number of amides is 1. The fourth-order valence-electron chi connectivity index (χ4n) is 5.49. The number of sulfonamides is 1. The largest absolute Gasteiger partial charge is 0.378 e. The van der Waals surface area contributed by atoms with Crippen molar-refractivity contribution in [2.24, 2.45) is 17.8 Å². The molecule has 0 aromatic heterocycles. The van der Waals surface area contributed by atoms with Gasteiger partial charge in [-0.25, -0.2) is 13.4 Å². The van der Waals surface area contributed by atoms with Gasteiger partial charge in [0.15, 0.2) is 0 Å². The summed E-state index contributed by atoms with van der Waals surface area (Å²) in [6.45, 7) is 2.81. The SMILES string of the molecule is CNC(=O)C1CNN2CCC(C3CCN(S(=O)(=O)c4ccc(N(C)C)cc4)CC3)CC12. The van der Waals surface area contributed by atoms with Gasteiger partial charge in [-0.3, -0.25) is 10.2 Å². The predicted molar refractivity (Wildman–Crippen MR) is 121 cm³/mol. The van der Waals surface area contributed by atoms with E-state index in [9.17, 15) is 13.2 Å². The quantitative estimate of drug-likeness (QED) is 0.701. The predicted octanol–water partition coefficient (Wildman–Crippen LogP) is 1.11. The minimum atomic E-state index is -3.45. The van der Waals surface area contributed by atoms with E-state index >= 15 is 0 Å². The molecule has 0 bridgehead atoms. The highest BCUT2D eigenvalue weighted by atomic mass is 32.2. The van der Waals surface area contributed by atoms with Gasteiger partial charge in [-0.05, 0) is 61.8 Å². The van der Waals surface area contributed by atoms with Crippen LogP contribution in [0, 0.1) is 17.8 Å². The van der Waals surface area contributed by atoms with Crippen molar-refractivity contribution in [1.29, 1.82) is 0 Å². The molecule has 3 saturated heterocycles. The van der Waals surface area contributed by atoms with Crippen LogP contribution in [-0.4, -0.2) is 77.0 Å². The molecule has 31 heavy (non-hydrogen) atoms. The van der Waals surface area contributed by atoms with Gasteiger partial charge in [-0.1, -0.05) is 0 Å². The summed E-state index contributed by atoms with van der Waals surface area (Å²) in [7, 11) is 2.13. The molecular formula is C22H35N5O3S. The molecular weight excluding hydrogens is 414 g/mol. The van der Waals surface area contributed by atoms with Gasteiger partial charge >= 0.3 is 0 Å². The molecule has 3 aliphatic rings. The van der Waals surface area contributed by atoms with E-state index in [2.05, 4.69) is 15.8 Å². The normalized spacial score (nSPS) is 28.3. The summed E-state index contributed by atoms with van der Waals surface area (Å²) >= 11 is 0. The number of benzene rings is 1. The average Bonchev–Trinajstić information content (AvgIpc) is 3.22. The Bertz CT molecular complexity index is 881. The summed E-state index contributed by atoms with van der Waals surface area (Å²) in [6.07, 6.45) is 3.90. The number of carbonyl (C=O) groups excluding carboxylic acids is 1. The molecule has 3 aliphatic heterocycles. The lowest BCUT2D eigenvalue weighted by atomic mass is 9.75. The van der Waals surface area contributed by atoms with E-state index in [-0.39, 0.29) is 17.9 Å². The molecule has 0 aliphatic carbocycles. The Morgan fingerprint density at radius 3 is 2.32 bits per heavy atom. The van der Waals surface area contributed by atoms with Crippen molar-refractivity contribution >= 4 is 21.6 Å². The number of hydrazine groups is 1. The van der Waals surface area contributed by atoms with Crippen molar-refractivity contribution in [2.45, 2.75) is 36.6 Å². The standard InChI is InChI=1S/C22H35N5O3S/c1-23-22(28)20-15-24-27-13-10-17(14-21(20)27)16-8-11-26(12-9-16)31(29,30)19-6-4-18(5-7-19)25(2)3/h4-7,16-17,20-21,24H,8-15H2,1-3H3,(H,23,28). The Balaban J connectivity index is 1.36. The Labute approximate surface area is 186 Å². The van der Waals surface area contributed by atoms with E-state index in [1.807, 2.05) is 31.1 Å². The second-order valence-electron chi connectivity index (χ2n) is 9.26. The molecule has 1 aromatic rings. The molecule has 3 atom stereocenters. The molecule has 0 spiro atoms. The molecule has 8 nitrogen and oxygen atoms in total. The van der Waals surface area contributed by atoms with Crippen molar-refractivity contribution in [3.05, 3.63) is 24.3 Å². The lowest BCUT2D eigenvalue weighted by Gasteiger charge is -2.42. The van der Waals surface area contributed by atoms with Gasteiger partial charge in [-0.2, -0.15) is 4.31 Å². The summed E-state index contributed by atoms with van der Waals surface area (Å²) < 4.78 is 27.9. The molecule has 4 rings (SSSR count). The maximum Gasteiger partial charge on any atom is 0.243 e. The molecule has 1 aromatic carbocycles. The first-order valence-electron chi connectivity index (χ1n) is 11.3. The first-order chi connectivity index (χ1) is 14.8. The van der Waals surface area contributed by atoms with Crippen LogP contribution in [0.1, 0.15) is 25.7 Å². The number of hydrogen-bond acceptors (Lipinski definition) is 6. The number of nitrogens with one attached hydrogen (secondary N) is 2. The van der Waals surface area contributed by atoms with Crippen LogP contribution >= 0.6 is 0 Å². The van der Waals surface area contributed by atoms with Crippen LogP contribution in [0.15, 0.2) is 29.2 Å². The molecule has 1 amide bonds. The number of carbonyl (C=O) groups is 1. The highest BCUT2D eigenvalue weighted by Gasteiger charge is 2.44. The molecule has 0 radical (unpaired) electrons. The zero-order valence-electron chi connectivity index (χ0n) is 18.8. The average molecular weight is 450 g/mol. The number of hydrogen-bond donors (Lipinski definition) is 2. The minimum Gasteiger partial charge on any atom is -0.378 e. The van der Waals surface area contributed by atoms with Gasteiger partial charge in [0.2, 0.25) is 15.9 Å². The van der Waals surface area contributed by atoms with Crippen LogP contribution in [0.2, 0.25) is 0 Å². The number of anilines is 1. The highest BCUT2D eigenvalue weighted by molar-refractivity contribution is 7.89. The maximum atomic E-state index is 13.1. The second-order valence-corrected chi connectivity index (χ2v) is 11.2. The van der Waals surface area contributed by atoms with Crippen LogP contribution in [-0.2, 0) is 14.8 Å². The van der Waals surface area contributed by atoms with Crippen molar-refractivity contribution in [2.75, 3.05) is 52.2 Å². The maximum absolute atomic E-state index is 13.1. The van der Waals surface area contributed by atoms with Crippen LogP contribution in [0.3, 0.4) is 0 Å². The van der Waals surface area contributed by atoms with E-state index in [0.717, 1.165) is 37.9 Å². The second kappa shape index (κ2) is 9.05. The molecule has 3 unspecified atom stereocenters. The molecule has 9 heteroatoms. The van der Waals surface area contributed by atoms with Gasteiger partial charge in [0.25, 0.3) is 0 Å². The van der Waals surface area contributed by atoms with Crippen molar-refractivity contribution in [1.82, 2.24) is 20.1 Å². The number of fused-ring (bicyclic) bond motifs is 1. The lowest BCUT2D eigenvalue weighted by molar-refractivity contribution is -0.125. The zero-order valence-corrected chi connectivity index (χ0v) is 19.6. The summed E-state index contributed by atoms with van der Waals surface area (Å²) in [4.78, 5) is 14.6. The first-order valence-corrected chi connectivity index (χ1v) is 12.7. The topological polar surface area (TPSA) is 85.0 Å². The number of piperidine rings is 2. The molecule has 3 heterocycles. The van der Waals surface area contributed by atoms with Crippen LogP contribution in [0.4, 0.5) is 5.69 Å². The Hall–Kier alpha value is -1.68. The smallest absolute Gasteiger partial charge is 0.243 e. The van der Waals surface area contributed by atoms with E-state index in [1.54, 1.807) is 23.5 Å². The number of rotatable bonds is 5. The summed E-state index contributed by atoms with van der Waals surface area (Å²) in [5.41, 5.74) is 4.37. The van der Waals surface area contributed by atoms with Crippen molar-refractivity contribution in [3.8, 4) is 0 Å². The summed E-state index contributed by atoms with van der Waals surface area (Å²) in [5, 5.41) is 5.04. The first kappa shape index (κ1) is 22.5. The Morgan fingerprint density at radius 1 is 1.06 bits per heavy atom. The third-order valence-electron chi connectivity index (χ3n) is 7.40. The third kappa shape index (κ3) is 4.46. The van der Waals surface area contributed by atoms with Gasteiger partial charge in [-0.15, -0.1) is 0 Å². The van der Waals surface area contributed by atoms with Gasteiger partial charge in [0.1, 0.15) is 0 Å². The van der Waals surface area contributed by atoms with E-state index < -0.39 is 10.0 Å². The van der Waals surface area contributed by atoms with Crippen molar-refractivity contribution < 1.29 is 13.2 Å². The van der Waals surface area contributed by atoms with E-state index in [4.69, 9.17) is 0 Å². The van der Waals surface area contributed by atoms with Crippen LogP contribution in [0.5, 0.6) is 0 Å². The highest BCUT2D eigenvalue weighted by Crippen LogP contribution is 2.38. The monoisotopic (exact) mass is 449 g/mol. The van der Waals surface area contributed by atoms with Gasteiger partial charge in [0.05, 0.1) is 10.8 Å². The summed E-state index contributed by atoms with van der Waals surface area (Å²) in [5.74, 6) is 1.19. The summed E-state index contributed by atoms with van der Waals surface area (Å²) in [6, 6.07) is 7.37. The van der Waals surface area contributed by atoms with Crippen LogP contribution in [0.25, 0.3) is 0 Å². The van der Waals surface area contributed by atoms with E-state index in [0.29, 0.717) is 36.4 Å². The minimum absolute atomic E-state index is 0.00148. The van der Waals surface area contributed by atoms with E-state index in [1.165, 1.54) is 0 Å². The number of nitrogens with zero attached hydrogens (tertiary/aromatic N) is 3. The van der Waals surface area contributed by atoms with Gasteiger partial charge in [0, 0.05) is 59.1 Å².